The zero-order valence-electron chi connectivity index (χ0n) is 48.5. The summed E-state index contributed by atoms with van der Waals surface area (Å²) in [5.74, 6) is -0.840. The van der Waals surface area contributed by atoms with Gasteiger partial charge in [-0.05, 0) is 19.3 Å². The van der Waals surface area contributed by atoms with Gasteiger partial charge in [0.1, 0.15) is 13.2 Å². The molecule has 0 rings (SSSR count). The van der Waals surface area contributed by atoms with Crippen molar-refractivity contribution in [2.24, 2.45) is 0 Å². The monoisotopic (exact) mass is 1000 g/mol. The van der Waals surface area contributed by atoms with Gasteiger partial charge in [0.2, 0.25) is 0 Å². The minimum atomic E-state index is -0.760. The van der Waals surface area contributed by atoms with Gasteiger partial charge in [0.05, 0.1) is 0 Å². The predicted molar refractivity (Wildman–Crippen MR) is 307 cm³/mol. The van der Waals surface area contributed by atoms with Crippen LogP contribution in [-0.2, 0) is 28.6 Å². The Kier molecular flexibility index (Phi) is 59.6. The molecule has 0 spiro atoms. The molecule has 0 aliphatic rings. The van der Waals surface area contributed by atoms with Crippen LogP contribution in [0.4, 0.5) is 0 Å². The molecule has 6 nitrogen and oxygen atoms in total. The molecule has 0 aliphatic heterocycles. The fraction of sp³-hybridized carbons (Fsp3) is 0.954. The van der Waals surface area contributed by atoms with Crippen molar-refractivity contribution in [3.63, 3.8) is 0 Å². The minimum absolute atomic E-state index is 0.0618. The van der Waals surface area contributed by atoms with Gasteiger partial charge >= 0.3 is 17.9 Å². The van der Waals surface area contributed by atoms with Crippen LogP contribution in [0.3, 0.4) is 0 Å². The maximum atomic E-state index is 12.8. The summed E-state index contributed by atoms with van der Waals surface area (Å²) < 4.78 is 16.8. The Morgan fingerprint density at radius 2 is 0.380 bits per heavy atom. The van der Waals surface area contributed by atoms with E-state index in [-0.39, 0.29) is 31.1 Å². The van der Waals surface area contributed by atoms with E-state index in [1.54, 1.807) is 0 Å². The molecule has 6 heteroatoms. The van der Waals surface area contributed by atoms with Crippen molar-refractivity contribution in [2.45, 2.75) is 386 Å². The molecular weight excluding hydrogens is 877 g/mol. The van der Waals surface area contributed by atoms with Crippen molar-refractivity contribution in [2.75, 3.05) is 13.2 Å². The second kappa shape index (κ2) is 61.0. The lowest BCUT2D eigenvalue weighted by Gasteiger charge is -2.18. The summed E-state index contributed by atoms with van der Waals surface area (Å²) in [6.07, 6.45) is 70.2. The first kappa shape index (κ1) is 69.4. The largest absolute Gasteiger partial charge is 0.462 e. The number of hydrogen-bond acceptors (Lipinski definition) is 6. The maximum absolute atomic E-state index is 12.8. The Morgan fingerprint density at radius 1 is 0.225 bits per heavy atom. The standard InChI is InChI=1S/C65H126O6/c1-4-7-10-13-16-18-20-22-24-25-26-27-28-29-30-31-32-33-34-35-36-37-38-39-41-42-44-46-49-52-55-58-64(67)70-61-62(60-69-63(66)57-54-51-48-15-12-9-6-3)71-65(68)59-56-53-50-47-45-43-40-23-21-19-17-14-11-8-5-2/h62H,4-61H2,1-3H3. The van der Waals surface area contributed by atoms with Crippen molar-refractivity contribution in [1.82, 2.24) is 0 Å². The minimum Gasteiger partial charge on any atom is -0.462 e. The van der Waals surface area contributed by atoms with Crippen molar-refractivity contribution in [3.8, 4) is 0 Å². The number of carbonyl (C=O) groups excluding carboxylic acids is 3. The van der Waals surface area contributed by atoms with Crippen LogP contribution in [0.1, 0.15) is 380 Å². The van der Waals surface area contributed by atoms with Gasteiger partial charge in [-0.25, -0.2) is 0 Å². The van der Waals surface area contributed by atoms with Gasteiger partial charge in [0.15, 0.2) is 6.10 Å². The normalized spacial score (nSPS) is 11.9. The first-order valence-corrected chi connectivity index (χ1v) is 32.5. The van der Waals surface area contributed by atoms with Crippen LogP contribution < -0.4 is 0 Å². The Bertz CT molecular complexity index is 1060. The highest BCUT2D eigenvalue weighted by atomic mass is 16.6. The molecule has 0 bridgehead atoms. The third-order valence-electron chi connectivity index (χ3n) is 15.1. The molecule has 0 aromatic heterocycles. The molecule has 71 heavy (non-hydrogen) atoms. The highest BCUT2D eigenvalue weighted by Crippen LogP contribution is 2.19. The molecule has 0 aromatic carbocycles. The smallest absolute Gasteiger partial charge is 0.306 e. The molecule has 0 amide bonds. The predicted octanol–water partition coefficient (Wildman–Crippen LogP) is 21.9. The SMILES string of the molecule is CCCCCCCCCCCCCCCCCCCCCCCCCCCCCCCCCC(=O)OCC(COC(=O)CCCCCCCCC)OC(=O)CCCCCCCCCCCCCCCCC. The van der Waals surface area contributed by atoms with E-state index in [2.05, 4.69) is 20.8 Å². The molecule has 0 N–H and O–H groups in total. The van der Waals surface area contributed by atoms with Crippen LogP contribution in [0.15, 0.2) is 0 Å². The van der Waals surface area contributed by atoms with E-state index in [0.717, 1.165) is 57.8 Å². The summed E-state index contributed by atoms with van der Waals surface area (Å²) in [6, 6.07) is 0. The zero-order chi connectivity index (χ0) is 51.4. The maximum Gasteiger partial charge on any atom is 0.306 e. The molecule has 0 heterocycles. The molecule has 422 valence electrons. The molecule has 0 saturated carbocycles. The quantitative estimate of drug-likeness (QED) is 0.0343. The van der Waals surface area contributed by atoms with E-state index in [1.807, 2.05) is 0 Å². The van der Waals surface area contributed by atoms with E-state index < -0.39 is 6.10 Å². The van der Waals surface area contributed by atoms with Crippen molar-refractivity contribution >= 4 is 17.9 Å². The van der Waals surface area contributed by atoms with Gasteiger partial charge in [-0.3, -0.25) is 14.4 Å². The summed E-state index contributed by atoms with van der Waals surface area (Å²) in [6.45, 7) is 6.67. The second-order valence-electron chi connectivity index (χ2n) is 22.4. The summed E-state index contributed by atoms with van der Waals surface area (Å²) in [5, 5.41) is 0. The molecule has 0 aliphatic carbocycles. The van der Waals surface area contributed by atoms with Crippen molar-refractivity contribution in [1.29, 1.82) is 0 Å². The van der Waals surface area contributed by atoms with Crippen LogP contribution in [0.2, 0.25) is 0 Å². The van der Waals surface area contributed by atoms with E-state index >= 15 is 0 Å². The lowest BCUT2D eigenvalue weighted by atomic mass is 10.0. The van der Waals surface area contributed by atoms with E-state index in [0.29, 0.717) is 19.3 Å². The van der Waals surface area contributed by atoms with Crippen molar-refractivity contribution < 1.29 is 28.6 Å². The average Bonchev–Trinajstić information content (AvgIpc) is 3.37. The van der Waals surface area contributed by atoms with Crippen LogP contribution in [0, 0.1) is 0 Å². The van der Waals surface area contributed by atoms with Crippen LogP contribution in [0.5, 0.6) is 0 Å². The fourth-order valence-electron chi connectivity index (χ4n) is 10.2. The van der Waals surface area contributed by atoms with Crippen LogP contribution >= 0.6 is 0 Å². The van der Waals surface area contributed by atoms with Gasteiger partial charge in [-0.15, -0.1) is 0 Å². The number of hydrogen-bond donors (Lipinski definition) is 0. The summed E-state index contributed by atoms with van der Waals surface area (Å²) in [7, 11) is 0. The first-order valence-electron chi connectivity index (χ1n) is 32.5. The average molecular weight is 1000 g/mol. The Morgan fingerprint density at radius 3 is 0.563 bits per heavy atom. The summed E-state index contributed by atoms with van der Waals surface area (Å²) in [5.41, 5.74) is 0. The lowest BCUT2D eigenvalue weighted by molar-refractivity contribution is -0.167. The summed E-state index contributed by atoms with van der Waals surface area (Å²) in [4.78, 5) is 38.0. The zero-order valence-corrected chi connectivity index (χ0v) is 48.5. The molecule has 0 fully saturated rings. The van der Waals surface area contributed by atoms with E-state index in [1.165, 1.54) is 283 Å². The summed E-state index contributed by atoms with van der Waals surface area (Å²) >= 11 is 0. The highest BCUT2D eigenvalue weighted by molar-refractivity contribution is 5.71. The number of rotatable bonds is 61. The van der Waals surface area contributed by atoms with Gasteiger partial charge in [-0.1, -0.05) is 342 Å². The molecule has 1 unspecified atom stereocenters. The topological polar surface area (TPSA) is 78.9 Å². The van der Waals surface area contributed by atoms with E-state index in [4.69, 9.17) is 14.2 Å². The number of carbonyl (C=O) groups is 3. The molecule has 0 aromatic rings. The Labute approximate surface area is 444 Å². The van der Waals surface area contributed by atoms with Gasteiger partial charge < -0.3 is 14.2 Å². The Hall–Kier alpha value is -1.59. The molecule has 1 atom stereocenters. The first-order chi connectivity index (χ1) is 35.0. The number of unbranched alkanes of at least 4 members (excludes halogenated alkanes) is 50. The molecule has 0 radical (unpaired) electrons. The number of esters is 3. The fourth-order valence-corrected chi connectivity index (χ4v) is 10.2. The van der Waals surface area contributed by atoms with Gasteiger partial charge in [-0.2, -0.15) is 0 Å². The molecule has 0 saturated heterocycles. The van der Waals surface area contributed by atoms with Crippen LogP contribution in [-0.4, -0.2) is 37.2 Å². The lowest BCUT2D eigenvalue weighted by Crippen LogP contribution is -2.30. The molecular formula is C65H126O6. The van der Waals surface area contributed by atoms with Gasteiger partial charge in [0, 0.05) is 19.3 Å². The van der Waals surface area contributed by atoms with E-state index in [9.17, 15) is 14.4 Å². The second-order valence-corrected chi connectivity index (χ2v) is 22.4. The Balaban J connectivity index is 3.93. The van der Waals surface area contributed by atoms with Crippen molar-refractivity contribution in [3.05, 3.63) is 0 Å². The van der Waals surface area contributed by atoms with Crippen LogP contribution in [0.25, 0.3) is 0 Å². The highest BCUT2D eigenvalue weighted by Gasteiger charge is 2.19. The van der Waals surface area contributed by atoms with Gasteiger partial charge in [0.25, 0.3) is 0 Å². The third-order valence-corrected chi connectivity index (χ3v) is 15.1. The third kappa shape index (κ3) is 59.2. The number of ether oxygens (including phenoxy) is 3.